The second-order valence-electron chi connectivity index (χ2n) is 14.9. The van der Waals surface area contributed by atoms with Gasteiger partial charge >= 0.3 is 0 Å². The number of nitrogens with two attached hydrogens (primary N) is 2. The van der Waals surface area contributed by atoms with Crippen molar-refractivity contribution in [3.05, 3.63) is 71.4 Å². The number of pyridine rings is 1. The van der Waals surface area contributed by atoms with Gasteiger partial charge < -0.3 is 54.7 Å². The highest BCUT2D eigenvalue weighted by Crippen LogP contribution is 2.46. The smallest absolute Gasteiger partial charge is 0.213 e. The third-order valence-corrected chi connectivity index (χ3v) is 10.8. The number of fused-ring (bicyclic) bond motifs is 1. The van der Waals surface area contributed by atoms with Crippen LogP contribution in [0.4, 0.5) is 15.8 Å². The third-order valence-electron chi connectivity index (χ3n) is 10.5. The fraction of sp³-hybridized carbons (Fsp3) is 0.548. The number of benzene rings is 1. The van der Waals surface area contributed by atoms with Crippen LogP contribution >= 0.6 is 11.6 Å². The number of aliphatic imine (C=N–C) groups is 1. The number of hydrogen-bond acceptors (Lipinski definition) is 13. The van der Waals surface area contributed by atoms with Crippen molar-refractivity contribution in [2.24, 2.45) is 21.9 Å². The minimum Gasteiger partial charge on any atom is -0.475 e. The average Bonchev–Trinajstić information content (AvgIpc) is 3.74. The van der Waals surface area contributed by atoms with Crippen LogP contribution in [0.2, 0.25) is 5.02 Å². The molecule has 0 aliphatic heterocycles. The van der Waals surface area contributed by atoms with Crippen LogP contribution in [0.1, 0.15) is 39.2 Å². The van der Waals surface area contributed by atoms with Gasteiger partial charge in [0, 0.05) is 59.8 Å². The van der Waals surface area contributed by atoms with E-state index in [4.69, 9.17) is 61.0 Å². The van der Waals surface area contributed by atoms with E-state index in [2.05, 4.69) is 41.2 Å². The van der Waals surface area contributed by atoms with Gasteiger partial charge in [-0.15, -0.1) is 0 Å². The summed E-state index contributed by atoms with van der Waals surface area (Å²) in [6.07, 6.45) is 7.03. The van der Waals surface area contributed by atoms with Crippen molar-refractivity contribution in [3.8, 4) is 17.0 Å². The van der Waals surface area contributed by atoms with E-state index < -0.39 is 5.82 Å². The Morgan fingerprint density at radius 2 is 1.42 bits per heavy atom. The molecular weight excluding hydrogens is 785 g/mol. The van der Waals surface area contributed by atoms with Crippen LogP contribution in [0.25, 0.3) is 16.6 Å². The molecule has 4 aromatic rings. The van der Waals surface area contributed by atoms with Gasteiger partial charge in [-0.05, 0) is 44.0 Å². The van der Waals surface area contributed by atoms with Gasteiger partial charge in [-0.2, -0.15) is 5.10 Å². The number of anilines is 1. The first-order chi connectivity index (χ1) is 28.5. The first-order valence-corrected chi connectivity index (χ1v) is 20.3. The largest absolute Gasteiger partial charge is 0.475 e. The molecule has 0 unspecified atom stereocenters. The Morgan fingerprint density at radius 1 is 0.831 bits per heavy atom. The number of methoxy groups -OCH3 is 1. The number of nitrogens with zero attached hydrogens (tertiary/aromatic N) is 4. The van der Waals surface area contributed by atoms with Crippen molar-refractivity contribution in [1.82, 2.24) is 14.6 Å². The molecule has 324 valence electrons. The fourth-order valence-electron chi connectivity index (χ4n) is 6.46. The molecule has 1 aliphatic carbocycles. The quantitative estimate of drug-likeness (QED) is 0.0380. The lowest BCUT2D eigenvalue weighted by Crippen LogP contribution is -2.51. The molecule has 5 rings (SSSR count). The highest BCUT2D eigenvalue weighted by atomic mass is 35.5. The molecule has 0 radical (unpaired) electrons. The van der Waals surface area contributed by atoms with Gasteiger partial charge in [0.2, 0.25) is 5.88 Å². The average molecular weight is 844 g/mol. The monoisotopic (exact) mass is 843 g/mol. The molecule has 2 atom stereocenters. The van der Waals surface area contributed by atoms with Crippen LogP contribution in [0.3, 0.4) is 0 Å². The Balaban J connectivity index is 1.05. The minimum absolute atomic E-state index is 0.0254. The van der Waals surface area contributed by atoms with E-state index in [0.29, 0.717) is 104 Å². The predicted octanol–water partition coefficient (Wildman–Crippen LogP) is 5.67. The van der Waals surface area contributed by atoms with Crippen LogP contribution in [-0.2, 0) is 33.2 Å². The first-order valence-electron chi connectivity index (χ1n) is 19.9. The number of halogens is 2. The Morgan fingerprint density at radius 3 is 1.97 bits per heavy atom. The van der Waals surface area contributed by atoms with E-state index in [1.54, 1.807) is 24.0 Å². The van der Waals surface area contributed by atoms with Gasteiger partial charge in [-0.25, -0.2) is 18.9 Å². The molecule has 1 saturated carbocycles. The fourth-order valence-corrected chi connectivity index (χ4v) is 6.62. The molecule has 0 spiro atoms. The van der Waals surface area contributed by atoms with Crippen molar-refractivity contribution in [2.75, 3.05) is 105 Å². The normalized spacial score (nSPS) is 17.9. The second-order valence-corrected chi connectivity index (χ2v) is 15.3. The van der Waals surface area contributed by atoms with E-state index in [0.717, 1.165) is 35.2 Å². The van der Waals surface area contributed by atoms with Crippen molar-refractivity contribution in [1.29, 1.82) is 0 Å². The number of rotatable bonds is 27. The number of ether oxygens (including phenoxy) is 8. The summed E-state index contributed by atoms with van der Waals surface area (Å²) in [7, 11) is 1.64. The van der Waals surface area contributed by atoms with E-state index in [1.807, 2.05) is 24.4 Å². The lowest BCUT2D eigenvalue weighted by atomic mass is 9.75. The SMILES string of the molecule is COCCOCCOCCOCCOCCOCCOCCOc1ccc(-c2cc3c(N[C@@H]4CC[C@](C)(N)C4(C)C)c(/C(N)=N/c4cc(F)ccc4Cl)cnn3c2)cn1. The van der Waals surface area contributed by atoms with E-state index in [9.17, 15) is 4.39 Å². The lowest BCUT2D eigenvalue weighted by Gasteiger charge is -2.39. The minimum atomic E-state index is -0.467. The summed E-state index contributed by atoms with van der Waals surface area (Å²) >= 11 is 6.34. The Bertz CT molecular complexity index is 1910. The summed E-state index contributed by atoms with van der Waals surface area (Å²) in [5.74, 6) is 0.151. The van der Waals surface area contributed by atoms with Crippen molar-refractivity contribution in [3.63, 3.8) is 0 Å². The lowest BCUT2D eigenvalue weighted by molar-refractivity contribution is -0.0199. The molecule has 17 heteroatoms. The van der Waals surface area contributed by atoms with Crippen molar-refractivity contribution < 1.29 is 42.3 Å². The van der Waals surface area contributed by atoms with Crippen molar-refractivity contribution >= 4 is 34.3 Å². The summed E-state index contributed by atoms with van der Waals surface area (Å²) in [5, 5.41) is 8.69. The molecule has 1 aromatic carbocycles. The number of nitrogens with one attached hydrogen (secondary N) is 1. The van der Waals surface area contributed by atoms with E-state index in [-0.39, 0.29) is 33.5 Å². The van der Waals surface area contributed by atoms with Gasteiger partial charge in [-0.3, -0.25) is 0 Å². The van der Waals surface area contributed by atoms with Gasteiger partial charge in [0.1, 0.15) is 18.3 Å². The second kappa shape index (κ2) is 23.1. The summed E-state index contributed by atoms with van der Waals surface area (Å²) in [6.45, 7) is 13.2. The molecule has 0 amide bonds. The Labute approximate surface area is 350 Å². The van der Waals surface area contributed by atoms with Crippen molar-refractivity contribution in [2.45, 2.75) is 45.2 Å². The Hall–Kier alpha value is -3.97. The highest BCUT2D eigenvalue weighted by Gasteiger charge is 2.49. The molecule has 0 bridgehead atoms. The maximum Gasteiger partial charge on any atom is 0.213 e. The van der Waals surface area contributed by atoms with Gasteiger partial charge in [-0.1, -0.05) is 25.4 Å². The summed E-state index contributed by atoms with van der Waals surface area (Å²) in [5.41, 5.74) is 16.8. The van der Waals surface area contributed by atoms with E-state index >= 15 is 0 Å². The zero-order chi connectivity index (χ0) is 42.1. The van der Waals surface area contributed by atoms with Crippen LogP contribution in [0.15, 0.2) is 60.0 Å². The third kappa shape index (κ3) is 13.5. The van der Waals surface area contributed by atoms with Crippen LogP contribution in [-0.4, -0.2) is 132 Å². The van der Waals surface area contributed by atoms with Gasteiger partial charge in [0.05, 0.1) is 120 Å². The Kier molecular flexibility index (Phi) is 18.1. The molecule has 59 heavy (non-hydrogen) atoms. The summed E-state index contributed by atoms with van der Waals surface area (Å²) < 4.78 is 59.5. The molecule has 5 N–H and O–H groups in total. The topological polar surface area (TPSA) is 180 Å². The molecule has 1 fully saturated rings. The molecule has 3 aromatic heterocycles. The summed E-state index contributed by atoms with van der Waals surface area (Å²) in [6, 6.07) is 9.77. The number of hydrogen-bond donors (Lipinski definition) is 3. The standard InChI is InChI=1S/C42H59ClFN7O8/c1-41(2)37(9-10-42(41,3)46)50-39-33(40(45)49-35-26-32(44)6-7-34(35)43)28-48-51-29-31(25-36(39)51)30-5-8-38(47-27-30)59-24-23-58-22-21-57-20-19-56-18-17-55-16-15-54-14-13-53-12-11-52-4/h5-8,25-29,37,50H,9-24,46H2,1-4H3,(H2,45,49)/t37-,42+/m1/s1. The predicted molar refractivity (Wildman–Crippen MR) is 226 cm³/mol. The molecule has 3 heterocycles. The number of amidine groups is 1. The van der Waals surface area contributed by atoms with E-state index in [1.165, 1.54) is 18.2 Å². The zero-order valence-electron chi connectivity index (χ0n) is 34.6. The van der Waals surface area contributed by atoms with Gasteiger partial charge in [0.25, 0.3) is 0 Å². The first kappa shape index (κ1) is 46.1. The van der Waals surface area contributed by atoms with Crippen LogP contribution in [0.5, 0.6) is 5.88 Å². The highest BCUT2D eigenvalue weighted by molar-refractivity contribution is 6.33. The molecule has 0 saturated heterocycles. The maximum atomic E-state index is 14.1. The molecular formula is C42H59ClFN7O8. The number of aromatic nitrogens is 3. The molecule has 1 aliphatic rings. The van der Waals surface area contributed by atoms with Gasteiger partial charge in [0.15, 0.2) is 0 Å². The molecule has 15 nitrogen and oxygen atoms in total. The van der Waals surface area contributed by atoms with Crippen LogP contribution in [0, 0.1) is 11.2 Å². The van der Waals surface area contributed by atoms with Crippen LogP contribution < -0.4 is 21.5 Å². The maximum absolute atomic E-state index is 14.1. The summed E-state index contributed by atoms with van der Waals surface area (Å²) in [4.78, 5) is 9.02. The zero-order valence-corrected chi connectivity index (χ0v) is 35.3.